The lowest BCUT2D eigenvalue weighted by Gasteiger charge is -2.42. The minimum Gasteiger partial charge on any atom is -0.450 e. The number of amides is 2. The van der Waals surface area contributed by atoms with Gasteiger partial charge in [-0.15, -0.1) is 0 Å². The van der Waals surface area contributed by atoms with Gasteiger partial charge in [0.1, 0.15) is 5.41 Å². The van der Waals surface area contributed by atoms with Crippen molar-refractivity contribution in [2.24, 2.45) is 5.41 Å². The van der Waals surface area contributed by atoms with Crippen LogP contribution in [0.15, 0.2) is 0 Å². The SMILES string of the molecule is CCN(CC)c1nc(N(CC)CC)nc(N2CCN(C(=O)OCC(=O)OC3C(=O)C(C)(C)C(=O)N4CCCC34)CC2)n1. The van der Waals surface area contributed by atoms with E-state index in [1.165, 1.54) is 4.90 Å². The predicted molar refractivity (Wildman–Crippen MR) is 155 cm³/mol. The van der Waals surface area contributed by atoms with Gasteiger partial charge < -0.3 is 34.0 Å². The van der Waals surface area contributed by atoms with Gasteiger partial charge >= 0.3 is 12.1 Å². The van der Waals surface area contributed by atoms with Crippen LogP contribution in [0.5, 0.6) is 0 Å². The fourth-order valence-corrected chi connectivity index (χ4v) is 5.74. The third kappa shape index (κ3) is 6.21. The summed E-state index contributed by atoms with van der Waals surface area (Å²) in [4.78, 5) is 74.6. The third-order valence-electron chi connectivity index (χ3n) is 8.40. The number of ether oxygens (including phenoxy) is 2. The topological polar surface area (TPSA) is 142 Å². The Morgan fingerprint density at radius 2 is 1.45 bits per heavy atom. The van der Waals surface area contributed by atoms with E-state index in [1.54, 1.807) is 18.7 Å². The molecule has 42 heavy (non-hydrogen) atoms. The Kier molecular flexibility index (Phi) is 9.72. The van der Waals surface area contributed by atoms with Gasteiger partial charge in [-0.25, -0.2) is 9.59 Å². The first-order valence-electron chi connectivity index (χ1n) is 15.0. The standard InChI is InChI=1S/C28H44N8O6/c1-7-32(8-2)24-29-25(33(9-3)10-4)31-26(30-24)34-14-16-35(17-15-34)27(40)41-18-20(37)42-21-19-12-11-13-36(19)23(39)28(5,6)22(21)38/h19,21H,7-18H2,1-6H3. The number of rotatable bonds is 10. The Labute approximate surface area is 247 Å². The van der Waals surface area contributed by atoms with Crippen LogP contribution in [0, 0.1) is 5.41 Å². The zero-order valence-electron chi connectivity index (χ0n) is 25.7. The van der Waals surface area contributed by atoms with Gasteiger partial charge in [-0.2, -0.15) is 15.0 Å². The largest absolute Gasteiger partial charge is 0.450 e. The molecule has 4 rings (SSSR count). The number of anilines is 3. The minimum absolute atomic E-state index is 0.237. The number of fused-ring (bicyclic) bond motifs is 1. The molecule has 4 heterocycles. The van der Waals surface area contributed by atoms with Gasteiger partial charge in [0, 0.05) is 58.9 Å². The second-order valence-corrected chi connectivity index (χ2v) is 11.2. The number of Topliss-reactive ketones (excluding diaryl/α,β-unsaturated/α-hetero) is 1. The predicted octanol–water partition coefficient (Wildman–Crippen LogP) is 1.33. The molecule has 0 saturated carbocycles. The number of hydrogen-bond acceptors (Lipinski definition) is 12. The number of carbonyl (C=O) groups is 4. The van der Waals surface area contributed by atoms with E-state index in [0.29, 0.717) is 57.0 Å². The van der Waals surface area contributed by atoms with Crippen molar-refractivity contribution in [3.05, 3.63) is 0 Å². The lowest BCUT2D eigenvalue weighted by molar-refractivity contribution is -0.176. The maximum Gasteiger partial charge on any atom is 0.410 e. The smallest absolute Gasteiger partial charge is 0.410 e. The van der Waals surface area contributed by atoms with E-state index >= 15 is 0 Å². The molecule has 2 unspecified atom stereocenters. The number of piperazine rings is 1. The first-order chi connectivity index (χ1) is 20.0. The molecule has 0 aromatic carbocycles. The molecule has 0 spiro atoms. The monoisotopic (exact) mass is 588 g/mol. The van der Waals surface area contributed by atoms with Crippen molar-refractivity contribution >= 4 is 41.6 Å². The molecule has 1 aromatic rings. The van der Waals surface area contributed by atoms with Gasteiger partial charge in [0.05, 0.1) is 6.04 Å². The maximum atomic E-state index is 13.0. The highest BCUT2D eigenvalue weighted by Gasteiger charge is 2.55. The fourth-order valence-electron chi connectivity index (χ4n) is 5.74. The van der Waals surface area contributed by atoms with Crippen LogP contribution >= 0.6 is 0 Å². The molecule has 3 aliphatic heterocycles. The van der Waals surface area contributed by atoms with E-state index < -0.39 is 42.0 Å². The van der Waals surface area contributed by atoms with Gasteiger partial charge in [-0.05, 0) is 54.4 Å². The van der Waals surface area contributed by atoms with Gasteiger partial charge in [0.2, 0.25) is 23.8 Å². The van der Waals surface area contributed by atoms with Gasteiger partial charge in [0.15, 0.2) is 18.5 Å². The molecular weight excluding hydrogens is 544 g/mol. The van der Waals surface area contributed by atoms with E-state index in [1.807, 2.05) is 4.90 Å². The summed E-state index contributed by atoms with van der Waals surface area (Å²) in [6.07, 6.45) is -0.364. The quantitative estimate of drug-likeness (QED) is 0.288. The van der Waals surface area contributed by atoms with Crippen molar-refractivity contribution < 1.29 is 28.7 Å². The highest BCUT2D eigenvalue weighted by atomic mass is 16.6. The number of carbonyl (C=O) groups excluding carboxylic acids is 4. The summed E-state index contributed by atoms with van der Waals surface area (Å²) in [7, 11) is 0. The number of aromatic nitrogens is 3. The zero-order valence-corrected chi connectivity index (χ0v) is 25.7. The molecule has 0 aliphatic carbocycles. The first kappa shape index (κ1) is 31.2. The molecule has 0 N–H and O–H groups in total. The van der Waals surface area contributed by atoms with Crippen LogP contribution in [0.1, 0.15) is 54.4 Å². The molecule has 0 radical (unpaired) electrons. The van der Waals surface area contributed by atoms with E-state index in [4.69, 9.17) is 24.4 Å². The lowest BCUT2D eigenvalue weighted by Crippen LogP contribution is -2.62. The number of hydrogen-bond donors (Lipinski definition) is 0. The molecule has 14 nitrogen and oxygen atoms in total. The molecule has 2 amide bonds. The van der Waals surface area contributed by atoms with Crippen molar-refractivity contribution in [3.8, 4) is 0 Å². The van der Waals surface area contributed by atoms with Crippen LogP contribution in [0.2, 0.25) is 0 Å². The summed E-state index contributed by atoms with van der Waals surface area (Å²) in [5.74, 6) is 0.339. The molecule has 1 aromatic heterocycles. The normalized spacial score (nSPS) is 21.7. The Morgan fingerprint density at radius 1 is 0.881 bits per heavy atom. The maximum absolute atomic E-state index is 13.0. The van der Waals surface area contributed by atoms with Crippen LogP contribution in [-0.4, -0.2) is 126 Å². The number of ketones is 1. The molecule has 232 valence electrons. The average Bonchev–Trinajstić information content (AvgIpc) is 3.48. The van der Waals surface area contributed by atoms with Crippen molar-refractivity contribution in [2.45, 2.75) is 66.5 Å². The van der Waals surface area contributed by atoms with Crippen LogP contribution in [-0.2, 0) is 23.9 Å². The highest BCUT2D eigenvalue weighted by Crippen LogP contribution is 2.37. The third-order valence-corrected chi connectivity index (χ3v) is 8.40. The molecule has 2 atom stereocenters. The molecule has 3 saturated heterocycles. The van der Waals surface area contributed by atoms with E-state index in [2.05, 4.69) is 37.5 Å². The molecule has 14 heteroatoms. The van der Waals surface area contributed by atoms with E-state index in [9.17, 15) is 19.2 Å². The summed E-state index contributed by atoms with van der Waals surface area (Å²) >= 11 is 0. The molecule has 3 aliphatic rings. The van der Waals surface area contributed by atoms with Crippen LogP contribution in [0.4, 0.5) is 22.6 Å². The van der Waals surface area contributed by atoms with E-state index in [0.717, 1.165) is 32.6 Å². The Balaban J connectivity index is 1.33. The lowest BCUT2D eigenvalue weighted by atomic mass is 9.77. The minimum atomic E-state index is -1.26. The van der Waals surface area contributed by atoms with Crippen LogP contribution < -0.4 is 14.7 Å². The van der Waals surface area contributed by atoms with Gasteiger partial charge in [-0.3, -0.25) is 9.59 Å². The number of piperidine rings is 1. The second kappa shape index (κ2) is 13.1. The number of esters is 1. The van der Waals surface area contributed by atoms with Crippen molar-refractivity contribution in [1.82, 2.24) is 24.8 Å². The average molecular weight is 589 g/mol. The summed E-state index contributed by atoms with van der Waals surface area (Å²) in [5.41, 5.74) is -1.26. The Hall–Kier alpha value is -3.71. The number of nitrogens with zero attached hydrogens (tertiary/aromatic N) is 8. The second-order valence-electron chi connectivity index (χ2n) is 11.2. The van der Waals surface area contributed by atoms with Crippen molar-refractivity contribution in [3.63, 3.8) is 0 Å². The van der Waals surface area contributed by atoms with E-state index in [-0.39, 0.29) is 5.91 Å². The fraction of sp³-hybridized carbons (Fsp3) is 0.750. The zero-order chi connectivity index (χ0) is 30.6. The van der Waals surface area contributed by atoms with Gasteiger partial charge in [-0.1, -0.05) is 0 Å². The highest BCUT2D eigenvalue weighted by molar-refractivity contribution is 6.10. The van der Waals surface area contributed by atoms with Crippen LogP contribution in [0.25, 0.3) is 0 Å². The van der Waals surface area contributed by atoms with Crippen molar-refractivity contribution in [2.75, 3.05) is 80.2 Å². The summed E-state index contributed by atoms with van der Waals surface area (Å²) < 4.78 is 10.7. The summed E-state index contributed by atoms with van der Waals surface area (Å²) in [6.45, 7) is 16.0. The van der Waals surface area contributed by atoms with Gasteiger partial charge in [0.25, 0.3) is 0 Å². The van der Waals surface area contributed by atoms with Crippen molar-refractivity contribution in [1.29, 1.82) is 0 Å². The Bertz CT molecular complexity index is 1130. The van der Waals surface area contributed by atoms with Crippen LogP contribution in [0.3, 0.4) is 0 Å². The molecular formula is C28H44N8O6. The summed E-state index contributed by atoms with van der Waals surface area (Å²) in [6, 6.07) is -0.467. The Morgan fingerprint density at radius 3 is 2.00 bits per heavy atom. The summed E-state index contributed by atoms with van der Waals surface area (Å²) in [5, 5.41) is 0. The molecule has 0 bridgehead atoms. The first-order valence-corrected chi connectivity index (χ1v) is 15.0. The molecule has 3 fully saturated rings.